The molecule has 13 heavy (non-hydrogen) atoms. The van der Waals surface area contributed by atoms with Crippen molar-refractivity contribution in [2.75, 3.05) is 0 Å². The lowest BCUT2D eigenvalue weighted by Crippen LogP contribution is -2.12. The highest BCUT2D eigenvalue weighted by molar-refractivity contribution is 5.80. The monoisotopic (exact) mass is 174 g/mol. The fourth-order valence-corrected chi connectivity index (χ4v) is 1.49. The van der Waals surface area contributed by atoms with E-state index >= 15 is 0 Å². The van der Waals surface area contributed by atoms with E-state index in [4.69, 9.17) is 0 Å². The molecule has 1 atom stereocenters. The van der Waals surface area contributed by atoms with Crippen LogP contribution in [-0.4, -0.2) is 11.1 Å². The van der Waals surface area contributed by atoms with Crippen LogP contribution in [0.4, 0.5) is 0 Å². The molecule has 2 heterocycles. The van der Waals surface area contributed by atoms with Gasteiger partial charge in [-0.1, -0.05) is 18.6 Å². The highest BCUT2D eigenvalue weighted by Crippen LogP contribution is 2.23. The second-order valence-electron chi connectivity index (χ2n) is 3.62. The predicted molar refractivity (Wildman–Crippen MR) is 55.1 cm³/mol. The van der Waals surface area contributed by atoms with Crippen molar-refractivity contribution in [3.8, 4) is 0 Å². The summed E-state index contributed by atoms with van der Waals surface area (Å²) in [6.45, 7) is 4.43. The lowest BCUT2D eigenvalue weighted by Gasteiger charge is -2.17. The van der Waals surface area contributed by atoms with Crippen molar-refractivity contribution in [3.63, 3.8) is 0 Å². The van der Waals surface area contributed by atoms with Crippen LogP contribution in [0, 0.1) is 5.92 Å². The van der Waals surface area contributed by atoms with Gasteiger partial charge in [-0.05, 0) is 19.3 Å². The van der Waals surface area contributed by atoms with Gasteiger partial charge in [0.1, 0.15) is 0 Å². The van der Waals surface area contributed by atoms with Crippen molar-refractivity contribution in [1.29, 1.82) is 0 Å². The molecule has 0 aromatic heterocycles. The van der Waals surface area contributed by atoms with Gasteiger partial charge in [0.2, 0.25) is 0 Å². The van der Waals surface area contributed by atoms with Gasteiger partial charge in [-0.2, -0.15) is 0 Å². The third kappa shape index (κ3) is 1.57. The zero-order valence-electron chi connectivity index (χ0n) is 8.07. The maximum atomic E-state index is 4.11. The lowest BCUT2D eigenvalue weighted by molar-refractivity contribution is 0.643. The molecule has 0 spiro atoms. The van der Waals surface area contributed by atoms with Gasteiger partial charge in [0.05, 0.1) is 11.9 Å². The molecule has 2 nitrogen and oxygen atoms in total. The minimum absolute atomic E-state index is 0.639. The van der Waals surface area contributed by atoms with Gasteiger partial charge in [0, 0.05) is 18.6 Å². The first-order valence-corrected chi connectivity index (χ1v) is 4.64. The van der Waals surface area contributed by atoms with Crippen molar-refractivity contribution in [3.05, 3.63) is 35.9 Å². The van der Waals surface area contributed by atoms with Gasteiger partial charge in [-0.15, -0.1) is 0 Å². The summed E-state index contributed by atoms with van der Waals surface area (Å²) in [5.74, 6) is 0.639. The van der Waals surface area contributed by atoms with Crippen LogP contribution in [-0.2, 0) is 0 Å². The Hall–Kier alpha value is -1.31. The summed E-state index contributed by atoms with van der Waals surface area (Å²) in [4.78, 5) is 6.24. The van der Waals surface area contributed by atoms with Crippen LogP contribution in [0.5, 0.6) is 0 Å². The third-order valence-electron chi connectivity index (χ3n) is 2.62. The summed E-state index contributed by atoms with van der Waals surface area (Å²) in [6.07, 6.45) is 11.2. The lowest BCUT2D eigenvalue weighted by atomic mass is 10.0. The van der Waals surface area contributed by atoms with Gasteiger partial charge in [-0.25, -0.2) is 0 Å². The number of hydrogen-bond acceptors (Lipinski definition) is 2. The van der Waals surface area contributed by atoms with E-state index in [1.165, 1.54) is 11.3 Å². The number of rotatable bonds is 0. The zero-order chi connectivity index (χ0) is 9.26. The molecular formula is C11H14N2. The Bertz CT molecular complexity index is 321. The first-order valence-electron chi connectivity index (χ1n) is 4.64. The summed E-state index contributed by atoms with van der Waals surface area (Å²) in [5.41, 5.74) is 2.61. The molecule has 0 fully saturated rings. The van der Waals surface area contributed by atoms with E-state index in [0.717, 1.165) is 6.42 Å². The van der Waals surface area contributed by atoms with Crippen molar-refractivity contribution < 1.29 is 0 Å². The van der Waals surface area contributed by atoms with Crippen LogP contribution in [0.2, 0.25) is 0 Å². The zero-order valence-corrected chi connectivity index (χ0v) is 8.07. The molecule has 68 valence electrons. The first kappa shape index (κ1) is 8.30. The van der Waals surface area contributed by atoms with Crippen molar-refractivity contribution >= 4 is 6.21 Å². The van der Waals surface area contributed by atoms with Crippen LogP contribution in [0.1, 0.15) is 20.3 Å². The molecule has 0 radical (unpaired) electrons. The van der Waals surface area contributed by atoms with Crippen molar-refractivity contribution in [1.82, 2.24) is 4.90 Å². The normalized spacial score (nSPS) is 26.3. The molecule has 0 aromatic carbocycles. The first-order chi connectivity index (χ1) is 6.27. The molecule has 1 unspecified atom stereocenters. The third-order valence-corrected chi connectivity index (χ3v) is 2.62. The van der Waals surface area contributed by atoms with Crippen LogP contribution in [0.3, 0.4) is 0 Å². The van der Waals surface area contributed by atoms with E-state index in [-0.39, 0.29) is 0 Å². The Morgan fingerprint density at radius 3 is 3.23 bits per heavy atom. The van der Waals surface area contributed by atoms with Gasteiger partial charge >= 0.3 is 0 Å². The topological polar surface area (TPSA) is 15.6 Å². The van der Waals surface area contributed by atoms with Gasteiger partial charge in [0.15, 0.2) is 0 Å². The maximum absolute atomic E-state index is 4.11. The summed E-state index contributed by atoms with van der Waals surface area (Å²) < 4.78 is 0. The SMILES string of the molecule is CC1=CN2C=CN=CC2=CCC1C. The standard InChI is InChI=1S/C11H14N2/c1-9-3-4-11-7-12-5-6-13(11)8-10(9)2/h4-9H,3H2,1-2H3. The van der Waals surface area contributed by atoms with E-state index in [1.807, 2.05) is 18.6 Å². The smallest absolute Gasteiger partial charge is 0.0593 e. The predicted octanol–water partition coefficient (Wildman–Crippen LogP) is 2.67. The molecule has 2 aliphatic rings. The molecule has 2 heteroatoms. The Morgan fingerprint density at radius 1 is 1.54 bits per heavy atom. The molecular weight excluding hydrogens is 160 g/mol. The van der Waals surface area contributed by atoms with Crippen LogP contribution in [0.25, 0.3) is 0 Å². The summed E-state index contributed by atoms with van der Waals surface area (Å²) in [6, 6.07) is 0. The minimum Gasteiger partial charge on any atom is -0.321 e. The summed E-state index contributed by atoms with van der Waals surface area (Å²) >= 11 is 0. The number of nitrogens with zero attached hydrogens (tertiary/aromatic N) is 2. The van der Waals surface area contributed by atoms with Crippen molar-refractivity contribution in [2.24, 2.45) is 10.9 Å². The molecule has 0 amide bonds. The molecule has 0 bridgehead atoms. The average Bonchev–Trinajstić information content (AvgIpc) is 2.28. The molecule has 0 saturated carbocycles. The molecule has 0 aromatic rings. The van der Waals surface area contributed by atoms with Crippen LogP contribution < -0.4 is 0 Å². The number of aliphatic imine (C=N–C) groups is 1. The van der Waals surface area contributed by atoms with E-state index in [1.54, 1.807) is 0 Å². The molecule has 0 N–H and O–H groups in total. The van der Waals surface area contributed by atoms with Crippen LogP contribution >= 0.6 is 0 Å². The number of allylic oxidation sites excluding steroid dienone is 3. The Kier molecular flexibility index (Phi) is 2.05. The molecule has 0 saturated heterocycles. The van der Waals surface area contributed by atoms with E-state index < -0.39 is 0 Å². The largest absolute Gasteiger partial charge is 0.321 e. The fourth-order valence-electron chi connectivity index (χ4n) is 1.49. The quantitative estimate of drug-likeness (QED) is 0.551. The number of hydrogen-bond donors (Lipinski definition) is 0. The minimum atomic E-state index is 0.639. The number of fused-ring (bicyclic) bond motifs is 1. The van der Waals surface area contributed by atoms with E-state index in [2.05, 4.69) is 36.0 Å². The molecule has 2 aliphatic heterocycles. The Morgan fingerprint density at radius 2 is 2.38 bits per heavy atom. The van der Waals surface area contributed by atoms with Crippen LogP contribution in [0.15, 0.2) is 40.9 Å². The highest BCUT2D eigenvalue weighted by atomic mass is 15.1. The van der Waals surface area contributed by atoms with Crippen molar-refractivity contribution in [2.45, 2.75) is 20.3 Å². The second kappa shape index (κ2) is 3.21. The Labute approximate surface area is 79.0 Å². The summed E-state index contributed by atoms with van der Waals surface area (Å²) in [7, 11) is 0. The molecule has 2 rings (SSSR count). The Balaban J connectivity index is 2.35. The summed E-state index contributed by atoms with van der Waals surface area (Å²) in [5, 5.41) is 0. The second-order valence-corrected chi connectivity index (χ2v) is 3.62. The van der Waals surface area contributed by atoms with Gasteiger partial charge in [0.25, 0.3) is 0 Å². The fraction of sp³-hybridized carbons (Fsp3) is 0.364. The highest BCUT2D eigenvalue weighted by Gasteiger charge is 2.12. The van der Waals surface area contributed by atoms with Gasteiger partial charge in [-0.3, -0.25) is 4.99 Å². The maximum Gasteiger partial charge on any atom is 0.0593 e. The molecule has 0 aliphatic carbocycles. The van der Waals surface area contributed by atoms with E-state index in [0.29, 0.717) is 5.92 Å². The average molecular weight is 174 g/mol. The van der Waals surface area contributed by atoms with E-state index in [9.17, 15) is 0 Å². The van der Waals surface area contributed by atoms with Gasteiger partial charge < -0.3 is 4.90 Å².